The van der Waals surface area contributed by atoms with Crippen molar-refractivity contribution >= 4 is 45.8 Å². The Hall–Kier alpha value is -0.650. The second-order valence-corrected chi connectivity index (χ2v) is 5.02. The van der Waals surface area contributed by atoms with Crippen molar-refractivity contribution in [2.75, 3.05) is 0 Å². The SMILES string of the molecule is FC(F)(F)CCn1c(CCl)nc2cc(Cl)c(Cl)cc21. The Kier molecular flexibility index (Phi) is 4.18. The summed E-state index contributed by atoms with van der Waals surface area (Å²) in [5, 5.41) is 0.569. The molecule has 0 radical (unpaired) electrons. The van der Waals surface area contributed by atoms with E-state index in [0.29, 0.717) is 21.9 Å². The molecular weight excluding hydrogens is 323 g/mol. The van der Waals surface area contributed by atoms with E-state index in [-0.39, 0.29) is 17.4 Å². The van der Waals surface area contributed by atoms with E-state index in [1.54, 1.807) is 0 Å². The maximum absolute atomic E-state index is 12.3. The third-order valence-electron chi connectivity index (χ3n) is 2.61. The van der Waals surface area contributed by atoms with E-state index in [1.165, 1.54) is 16.7 Å². The monoisotopic (exact) mass is 330 g/mol. The summed E-state index contributed by atoms with van der Waals surface area (Å²) >= 11 is 17.4. The van der Waals surface area contributed by atoms with Crippen LogP contribution in [0.3, 0.4) is 0 Å². The molecule has 0 N–H and O–H groups in total. The van der Waals surface area contributed by atoms with E-state index in [2.05, 4.69) is 4.98 Å². The Morgan fingerprint density at radius 2 is 1.79 bits per heavy atom. The van der Waals surface area contributed by atoms with Crippen molar-refractivity contribution < 1.29 is 13.2 Å². The van der Waals surface area contributed by atoms with Crippen LogP contribution in [-0.2, 0) is 12.4 Å². The summed E-state index contributed by atoms with van der Waals surface area (Å²) in [7, 11) is 0. The van der Waals surface area contributed by atoms with Crippen molar-refractivity contribution in [3.8, 4) is 0 Å². The van der Waals surface area contributed by atoms with E-state index in [0.717, 1.165) is 0 Å². The van der Waals surface area contributed by atoms with Crippen molar-refractivity contribution in [2.24, 2.45) is 0 Å². The molecule has 0 saturated carbocycles. The molecule has 19 heavy (non-hydrogen) atoms. The Bertz CT molecular complexity index is 607. The number of aromatic nitrogens is 2. The van der Waals surface area contributed by atoms with Crippen LogP contribution in [-0.4, -0.2) is 15.7 Å². The smallest absolute Gasteiger partial charge is 0.327 e. The average molecular weight is 332 g/mol. The minimum absolute atomic E-state index is 0.0157. The fourth-order valence-corrected chi connectivity index (χ4v) is 2.28. The largest absolute Gasteiger partial charge is 0.390 e. The number of benzene rings is 1. The van der Waals surface area contributed by atoms with Gasteiger partial charge in [0.1, 0.15) is 5.82 Å². The Morgan fingerprint density at radius 3 is 2.37 bits per heavy atom. The van der Waals surface area contributed by atoms with Gasteiger partial charge in [0.15, 0.2) is 0 Å². The Balaban J connectivity index is 2.48. The van der Waals surface area contributed by atoms with Gasteiger partial charge in [-0.3, -0.25) is 0 Å². The van der Waals surface area contributed by atoms with Crippen molar-refractivity contribution in [2.45, 2.75) is 25.0 Å². The van der Waals surface area contributed by atoms with Crippen LogP contribution in [0.5, 0.6) is 0 Å². The Morgan fingerprint density at radius 1 is 1.16 bits per heavy atom. The van der Waals surface area contributed by atoms with Gasteiger partial charge in [0.2, 0.25) is 0 Å². The molecule has 0 fully saturated rings. The number of rotatable bonds is 3. The fraction of sp³-hybridized carbons (Fsp3) is 0.364. The van der Waals surface area contributed by atoms with E-state index >= 15 is 0 Å². The first kappa shape index (κ1) is 14.8. The molecule has 1 aromatic carbocycles. The van der Waals surface area contributed by atoms with Gasteiger partial charge in [-0.1, -0.05) is 23.2 Å². The third kappa shape index (κ3) is 3.27. The lowest BCUT2D eigenvalue weighted by atomic mass is 10.3. The van der Waals surface area contributed by atoms with Gasteiger partial charge in [0.25, 0.3) is 0 Å². The number of nitrogens with zero attached hydrogens (tertiary/aromatic N) is 2. The van der Waals surface area contributed by atoms with Crippen molar-refractivity contribution in [3.63, 3.8) is 0 Å². The molecule has 0 atom stereocenters. The number of fused-ring (bicyclic) bond motifs is 1. The van der Waals surface area contributed by atoms with Gasteiger partial charge in [-0.2, -0.15) is 13.2 Å². The van der Waals surface area contributed by atoms with Crippen LogP contribution in [0.15, 0.2) is 12.1 Å². The maximum atomic E-state index is 12.3. The summed E-state index contributed by atoms with van der Waals surface area (Å²) in [6, 6.07) is 3.01. The second kappa shape index (κ2) is 5.38. The predicted octanol–water partition coefficient (Wildman–Crippen LogP) is 5.03. The van der Waals surface area contributed by atoms with Gasteiger partial charge in [-0.15, -0.1) is 11.6 Å². The van der Waals surface area contributed by atoms with Crippen LogP contribution in [0.4, 0.5) is 13.2 Å². The van der Waals surface area contributed by atoms with E-state index in [1.807, 2.05) is 0 Å². The molecule has 2 aromatic rings. The minimum Gasteiger partial charge on any atom is -0.327 e. The molecule has 8 heteroatoms. The molecule has 104 valence electrons. The molecular formula is C11H8Cl3F3N2. The molecule has 0 saturated heterocycles. The molecule has 0 aliphatic rings. The summed E-state index contributed by atoms with van der Waals surface area (Å²) in [6.45, 7) is -0.250. The highest BCUT2D eigenvalue weighted by atomic mass is 35.5. The lowest BCUT2D eigenvalue weighted by molar-refractivity contribution is -0.136. The van der Waals surface area contributed by atoms with Gasteiger partial charge in [0.05, 0.1) is 33.4 Å². The summed E-state index contributed by atoms with van der Waals surface area (Å²) in [5.41, 5.74) is 0.974. The quantitative estimate of drug-likeness (QED) is 0.721. The summed E-state index contributed by atoms with van der Waals surface area (Å²) < 4.78 is 38.4. The van der Waals surface area contributed by atoms with Crippen LogP contribution >= 0.6 is 34.8 Å². The van der Waals surface area contributed by atoms with Gasteiger partial charge < -0.3 is 4.57 Å². The molecule has 0 spiro atoms. The molecule has 0 unspecified atom stereocenters. The number of imidazole rings is 1. The van der Waals surface area contributed by atoms with Crippen molar-refractivity contribution in [3.05, 3.63) is 28.0 Å². The number of alkyl halides is 4. The molecule has 0 bridgehead atoms. The number of aryl methyl sites for hydroxylation is 1. The van der Waals surface area contributed by atoms with E-state index in [4.69, 9.17) is 34.8 Å². The van der Waals surface area contributed by atoms with Crippen LogP contribution in [0.25, 0.3) is 11.0 Å². The molecule has 0 aliphatic carbocycles. The normalized spacial score (nSPS) is 12.3. The lowest BCUT2D eigenvalue weighted by Gasteiger charge is -2.10. The average Bonchev–Trinajstić information content (AvgIpc) is 2.63. The van der Waals surface area contributed by atoms with Gasteiger partial charge in [0, 0.05) is 6.54 Å². The van der Waals surface area contributed by atoms with Crippen LogP contribution in [0.1, 0.15) is 12.2 Å². The molecule has 2 rings (SSSR count). The topological polar surface area (TPSA) is 17.8 Å². The van der Waals surface area contributed by atoms with Gasteiger partial charge >= 0.3 is 6.18 Å². The van der Waals surface area contributed by atoms with Crippen LogP contribution < -0.4 is 0 Å². The van der Waals surface area contributed by atoms with Gasteiger partial charge in [-0.25, -0.2) is 4.98 Å². The zero-order valence-corrected chi connectivity index (χ0v) is 11.7. The van der Waals surface area contributed by atoms with Crippen LogP contribution in [0, 0.1) is 0 Å². The number of halogens is 6. The first-order valence-electron chi connectivity index (χ1n) is 5.28. The van der Waals surface area contributed by atoms with Crippen molar-refractivity contribution in [1.82, 2.24) is 9.55 Å². The number of hydrogen-bond donors (Lipinski definition) is 0. The van der Waals surface area contributed by atoms with Crippen molar-refractivity contribution in [1.29, 1.82) is 0 Å². The first-order valence-corrected chi connectivity index (χ1v) is 6.58. The molecule has 0 amide bonds. The second-order valence-electron chi connectivity index (χ2n) is 3.93. The molecule has 2 nitrogen and oxygen atoms in total. The lowest BCUT2D eigenvalue weighted by Crippen LogP contribution is -2.13. The molecule has 0 aliphatic heterocycles. The summed E-state index contributed by atoms with van der Waals surface area (Å²) in [4.78, 5) is 4.15. The highest BCUT2D eigenvalue weighted by Gasteiger charge is 2.27. The minimum atomic E-state index is -4.24. The highest BCUT2D eigenvalue weighted by Crippen LogP contribution is 2.30. The van der Waals surface area contributed by atoms with Crippen LogP contribution in [0.2, 0.25) is 10.0 Å². The molecule has 1 aromatic heterocycles. The summed E-state index contributed by atoms with van der Waals surface area (Å²) in [6.07, 6.45) is -5.20. The standard InChI is InChI=1S/C11H8Cl3F3N2/c12-5-10-18-8-3-6(13)7(14)4-9(8)19(10)2-1-11(15,16)17/h3-4H,1-2,5H2. The zero-order chi connectivity index (χ0) is 14.2. The first-order chi connectivity index (χ1) is 8.81. The fourth-order valence-electron chi connectivity index (χ4n) is 1.76. The van der Waals surface area contributed by atoms with E-state index < -0.39 is 12.6 Å². The molecule has 1 heterocycles. The maximum Gasteiger partial charge on any atom is 0.390 e. The number of hydrogen-bond acceptors (Lipinski definition) is 1. The predicted molar refractivity (Wildman–Crippen MR) is 70.0 cm³/mol. The highest BCUT2D eigenvalue weighted by molar-refractivity contribution is 6.42. The summed E-state index contributed by atoms with van der Waals surface area (Å²) in [5.74, 6) is 0.376. The van der Waals surface area contributed by atoms with E-state index in [9.17, 15) is 13.2 Å². The zero-order valence-electron chi connectivity index (χ0n) is 9.44. The van der Waals surface area contributed by atoms with Gasteiger partial charge in [-0.05, 0) is 12.1 Å². The Labute approximate surface area is 122 Å². The third-order valence-corrected chi connectivity index (χ3v) is 3.57.